The normalized spacial score (nSPS) is 15.9. The highest BCUT2D eigenvalue weighted by Gasteiger charge is 2.30. The smallest absolute Gasteiger partial charge is 0.339 e. The number of nitrogens with one attached hydrogen (secondary N) is 2. The molecular weight excluding hydrogens is 365 g/mol. The Hall–Kier alpha value is -2.31. The molecule has 3 rings (SSSR count). The molecular formula is C17H15Cl2N3O3. The molecule has 25 heavy (non-hydrogen) atoms. The molecule has 0 saturated carbocycles. The van der Waals surface area contributed by atoms with Gasteiger partial charge in [0.25, 0.3) is 5.91 Å². The van der Waals surface area contributed by atoms with Gasteiger partial charge in [0, 0.05) is 25.7 Å². The van der Waals surface area contributed by atoms with E-state index in [1.807, 2.05) is 12.1 Å². The average molecular weight is 380 g/mol. The Balaban J connectivity index is 1.49. The Morgan fingerprint density at radius 3 is 2.88 bits per heavy atom. The Morgan fingerprint density at radius 2 is 2.08 bits per heavy atom. The minimum Gasteiger partial charge on any atom is -0.448 e. The van der Waals surface area contributed by atoms with Gasteiger partial charge in [0.15, 0.2) is 6.10 Å². The van der Waals surface area contributed by atoms with Gasteiger partial charge >= 0.3 is 5.97 Å². The van der Waals surface area contributed by atoms with Gasteiger partial charge in [-0.25, -0.2) is 9.78 Å². The molecule has 0 spiro atoms. The van der Waals surface area contributed by atoms with Crippen molar-refractivity contribution in [3.05, 3.63) is 57.7 Å². The number of aromatic nitrogens is 1. The van der Waals surface area contributed by atoms with Crippen LogP contribution >= 0.6 is 23.2 Å². The molecule has 1 aromatic carbocycles. The monoisotopic (exact) mass is 379 g/mol. The van der Waals surface area contributed by atoms with E-state index in [0.717, 1.165) is 5.56 Å². The van der Waals surface area contributed by atoms with Crippen LogP contribution in [0.4, 0.5) is 5.82 Å². The van der Waals surface area contributed by atoms with Crippen LogP contribution in [0.25, 0.3) is 0 Å². The van der Waals surface area contributed by atoms with Crippen molar-refractivity contribution in [3.8, 4) is 0 Å². The summed E-state index contributed by atoms with van der Waals surface area (Å²) >= 11 is 11.8. The van der Waals surface area contributed by atoms with E-state index in [1.165, 1.54) is 6.20 Å². The lowest BCUT2D eigenvalue weighted by molar-refractivity contribution is -0.130. The molecule has 0 saturated heterocycles. The molecule has 1 aliphatic rings. The van der Waals surface area contributed by atoms with Crippen molar-refractivity contribution in [2.45, 2.75) is 12.5 Å². The van der Waals surface area contributed by atoms with E-state index in [9.17, 15) is 9.59 Å². The fourth-order valence-corrected chi connectivity index (χ4v) is 2.95. The first kappa shape index (κ1) is 17.5. The predicted molar refractivity (Wildman–Crippen MR) is 95.1 cm³/mol. The summed E-state index contributed by atoms with van der Waals surface area (Å²) in [5.74, 6) is -0.324. The van der Waals surface area contributed by atoms with E-state index in [0.29, 0.717) is 40.9 Å². The van der Waals surface area contributed by atoms with E-state index in [4.69, 9.17) is 27.9 Å². The summed E-state index contributed by atoms with van der Waals surface area (Å²) in [5, 5.41) is 6.58. The van der Waals surface area contributed by atoms with E-state index < -0.39 is 12.1 Å². The van der Waals surface area contributed by atoms with Gasteiger partial charge in [0.1, 0.15) is 5.82 Å². The second-order valence-corrected chi connectivity index (χ2v) is 6.30. The molecule has 6 nitrogen and oxygen atoms in total. The number of fused-ring (bicyclic) bond motifs is 1. The van der Waals surface area contributed by atoms with Gasteiger partial charge in [-0.2, -0.15) is 0 Å². The Bertz CT molecular complexity index is 813. The highest BCUT2D eigenvalue weighted by atomic mass is 35.5. The van der Waals surface area contributed by atoms with Gasteiger partial charge in [-0.15, -0.1) is 0 Å². The second kappa shape index (κ2) is 7.72. The van der Waals surface area contributed by atoms with Crippen LogP contribution in [0.3, 0.4) is 0 Å². The van der Waals surface area contributed by atoms with Gasteiger partial charge in [0.2, 0.25) is 0 Å². The summed E-state index contributed by atoms with van der Waals surface area (Å²) in [6.45, 7) is 0.743. The number of nitrogens with zero attached hydrogens (tertiary/aromatic N) is 1. The average Bonchev–Trinajstić information content (AvgIpc) is 2.60. The van der Waals surface area contributed by atoms with Crippen LogP contribution in [-0.4, -0.2) is 36.1 Å². The molecule has 2 N–H and O–H groups in total. The van der Waals surface area contributed by atoms with E-state index >= 15 is 0 Å². The number of carbonyl (C=O) groups excluding carboxylic acids is 2. The minimum atomic E-state index is -0.820. The molecule has 0 radical (unpaired) electrons. The molecule has 0 aliphatic carbocycles. The number of carbonyl (C=O) groups is 2. The van der Waals surface area contributed by atoms with Crippen LogP contribution < -0.4 is 10.6 Å². The summed E-state index contributed by atoms with van der Waals surface area (Å²) in [7, 11) is 0. The zero-order chi connectivity index (χ0) is 17.8. The molecule has 0 fully saturated rings. The van der Waals surface area contributed by atoms with Crippen molar-refractivity contribution in [2.75, 3.05) is 18.4 Å². The molecule has 8 heteroatoms. The number of amides is 1. The van der Waals surface area contributed by atoms with Crippen molar-refractivity contribution < 1.29 is 14.3 Å². The molecule has 2 heterocycles. The maximum Gasteiger partial charge on any atom is 0.339 e. The molecule has 1 aliphatic heterocycles. The third-order valence-electron chi connectivity index (χ3n) is 3.71. The molecule has 2 aromatic rings. The molecule has 130 valence electrons. The number of benzene rings is 1. The predicted octanol–water partition coefficient (Wildman–Crippen LogP) is 2.70. The molecule has 1 amide bonds. The number of halogens is 2. The van der Waals surface area contributed by atoms with Crippen molar-refractivity contribution in [2.24, 2.45) is 0 Å². The SMILES string of the molecule is O=C1O[C@@H](C(=O)NCCNc2ncc(Cl)cc2Cl)Cc2ccccc21. The number of hydrogen-bond donors (Lipinski definition) is 2. The summed E-state index contributed by atoms with van der Waals surface area (Å²) < 4.78 is 5.20. The lowest BCUT2D eigenvalue weighted by Crippen LogP contribution is -2.43. The number of ether oxygens (including phenoxy) is 1. The van der Waals surface area contributed by atoms with Crippen LogP contribution in [0.2, 0.25) is 10.0 Å². The van der Waals surface area contributed by atoms with Crippen LogP contribution in [0.15, 0.2) is 36.5 Å². The van der Waals surface area contributed by atoms with Gasteiger partial charge in [-0.1, -0.05) is 41.4 Å². The number of pyridine rings is 1. The first-order valence-electron chi connectivity index (χ1n) is 7.66. The maximum atomic E-state index is 12.2. The van der Waals surface area contributed by atoms with Gasteiger partial charge < -0.3 is 15.4 Å². The van der Waals surface area contributed by atoms with E-state index in [2.05, 4.69) is 15.6 Å². The Labute approximate surface area is 154 Å². The fraction of sp³-hybridized carbons (Fsp3) is 0.235. The third kappa shape index (κ3) is 4.21. The summed E-state index contributed by atoms with van der Waals surface area (Å²) in [4.78, 5) is 28.2. The summed E-state index contributed by atoms with van der Waals surface area (Å²) in [6, 6.07) is 8.70. The lowest BCUT2D eigenvalue weighted by atomic mass is 9.98. The number of esters is 1. The number of anilines is 1. The van der Waals surface area contributed by atoms with Crippen molar-refractivity contribution in [1.29, 1.82) is 0 Å². The molecule has 1 atom stereocenters. The third-order valence-corrected chi connectivity index (χ3v) is 4.20. The van der Waals surface area contributed by atoms with Crippen LogP contribution in [0, 0.1) is 0 Å². The van der Waals surface area contributed by atoms with E-state index in [1.54, 1.807) is 18.2 Å². The van der Waals surface area contributed by atoms with Crippen molar-refractivity contribution in [3.63, 3.8) is 0 Å². The molecule has 0 unspecified atom stereocenters. The first-order chi connectivity index (χ1) is 12.0. The van der Waals surface area contributed by atoms with Crippen molar-refractivity contribution in [1.82, 2.24) is 10.3 Å². The topological polar surface area (TPSA) is 80.3 Å². The molecule has 0 bridgehead atoms. The van der Waals surface area contributed by atoms with Crippen molar-refractivity contribution >= 4 is 40.9 Å². The number of cyclic esters (lactones) is 1. The quantitative estimate of drug-likeness (QED) is 0.616. The summed E-state index contributed by atoms with van der Waals surface area (Å²) in [5.41, 5.74) is 1.32. The maximum absolute atomic E-state index is 12.2. The number of hydrogen-bond acceptors (Lipinski definition) is 5. The molecule has 1 aromatic heterocycles. The zero-order valence-electron chi connectivity index (χ0n) is 13.1. The highest BCUT2D eigenvalue weighted by Crippen LogP contribution is 2.22. The minimum absolute atomic E-state index is 0.329. The standard InChI is InChI=1S/C17H15Cl2N3O3/c18-11-8-13(19)15(22-9-11)20-5-6-21-16(23)14-7-10-3-1-2-4-12(10)17(24)25-14/h1-4,8-9,14H,5-7H2,(H,20,22)(H,21,23)/t14-/m1/s1. The van der Waals surface area contributed by atoms with Gasteiger partial charge in [0.05, 0.1) is 15.6 Å². The van der Waals surface area contributed by atoms with Gasteiger partial charge in [-0.3, -0.25) is 4.79 Å². The largest absolute Gasteiger partial charge is 0.448 e. The first-order valence-corrected chi connectivity index (χ1v) is 8.41. The van der Waals surface area contributed by atoms with Crippen LogP contribution in [0.1, 0.15) is 15.9 Å². The second-order valence-electron chi connectivity index (χ2n) is 5.46. The highest BCUT2D eigenvalue weighted by molar-refractivity contribution is 6.35. The fourth-order valence-electron chi connectivity index (χ4n) is 2.50. The van der Waals surface area contributed by atoms with Gasteiger partial charge in [-0.05, 0) is 17.7 Å². The van der Waals surface area contributed by atoms with Crippen LogP contribution in [0.5, 0.6) is 0 Å². The summed E-state index contributed by atoms with van der Waals surface area (Å²) in [6.07, 6.45) is 1.03. The zero-order valence-corrected chi connectivity index (χ0v) is 14.6. The Morgan fingerprint density at radius 1 is 1.28 bits per heavy atom. The van der Waals surface area contributed by atoms with E-state index in [-0.39, 0.29) is 5.91 Å². The van der Waals surface area contributed by atoms with Crippen LogP contribution in [-0.2, 0) is 16.0 Å². The lowest BCUT2D eigenvalue weighted by Gasteiger charge is -2.23. The number of rotatable bonds is 5. The Kier molecular flexibility index (Phi) is 5.40.